The van der Waals surface area contributed by atoms with Crippen molar-refractivity contribution in [2.75, 3.05) is 0 Å². The molecule has 1 aromatic carbocycles. The van der Waals surface area contributed by atoms with Gasteiger partial charge in [0.25, 0.3) is 5.91 Å². The van der Waals surface area contributed by atoms with Crippen LogP contribution in [-0.4, -0.2) is 10.5 Å². The van der Waals surface area contributed by atoms with Gasteiger partial charge in [-0.25, -0.2) is 0 Å². The van der Waals surface area contributed by atoms with Gasteiger partial charge in [-0.2, -0.15) is 0 Å². The van der Waals surface area contributed by atoms with Gasteiger partial charge in [-0.05, 0) is 29.1 Å². The highest BCUT2D eigenvalue weighted by Crippen LogP contribution is 2.21. The molecule has 0 unspecified atom stereocenters. The van der Waals surface area contributed by atoms with Crippen LogP contribution in [-0.2, 0) is 6.54 Å². The predicted molar refractivity (Wildman–Crippen MR) is 81.3 cm³/mol. The molecule has 0 atom stereocenters. The molecular weight excluding hydrogens is 268 g/mol. The van der Waals surface area contributed by atoms with E-state index in [4.69, 9.17) is 0 Å². The number of carbonyl (C=O) groups is 1. The van der Waals surface area contributed by atoms with Crippen LogP contribution >= 0.6 is 11.3 Å². The van der Waals surface area contributed by atoms with E-state index in [1.165, 1.54) is 0 Å². The fraction of sp³-hybridized carbons (Fsp3) is 0.0625. The SMILES string of the molecule is O=C(NCc1ccccc1)c1ccsc1-n1cccc1. The Labute approximate surface area is 121 Å². The summed E-state index contributed by atoms with van der Waals surface area (Å²) in [5.74, 6) is -0.0428. The Hall–Kier alpha value is -2.33. The number of rotatable bonds is 4. The maximum atomic E-state index is 12.3. The van der Waals surface area contributed by atoms with Crippen LogP contribution in [0, 0.1) is 0 Å². The Balaban J connectivity index is 1.74. The molecule has 100 valence electrons. The molecule has 0 bridgehead atoms. The highest BCUT2D eigenvalue weighted by molar-refractivity contribution is 7.13. The van der Waals surface area contributed by atoms with Crippen molar-refractivity contribution < 1.29 is 4.79 Å². The van der Waals surface area contributed by atoms with Gasteiger partial charge in [0, 0.05) is 18.9 Å². The molecule has 0 spiro atoms. The molecule has 0 saturated heterocycles. The smallest absolute Gasteiger partial charge is 0.254 e. The number of carbonyl (C=O) groups excluding carboxylic acids is 1. The Bertz CT molecular complexity index is 686. The highest BCUT2D eigenvalue weighted by Gasteiger charge is 2.13. The van der Waals surface area contributed by atoms with Crippen molar-refractivity contribution in [3.8, 4) is 5.00 Å². The second kappa shape index (κ2) is 5.75. The number of hydrogen-bond acceptors (Lipinski definition) is 2. The summed E-state index contributed by atoms with van der Waals surface area (Å²) in [6, 6.07) is 15.7. The third kappa shape index (κ3) is 2.65. The van der Waals surface area contributed by atoms with Crippen molar-refractivity contribution in [1.82, 2.24) is 9.88 Å². The average molecular weight is 282 g/mol. The van der Waals surface area contributed by atoms with Gasteiger partial charge < -0.3 is 9.88 Å². The molecule has 1 amide bonds. The third-order valence-corrected chi connectivity index (χ3v) is 3.95. The van der Waals surface area contributed by atoms with E-state index in [0.29, 0.717) is 12.1 Å². The molecule has 2 aromatic heterocycles. The Morgan fingerprint density at radius 1 is 1.05 bits per heavy atom. The number of nitrogens with zero attached hydrogens (tertiary/aromatic N) is 1. The lowest BCUT2D eigenvalue weighted by molar-refractivity contribution is 0.0951. The van der Waals surface area contributed by atoms with E-state index >= 15 is 0 Å². The van der Waals surface area contributed by atoms with E-state index in [-0.39, 0.29) is 5.91 Å². The van der Waals surface area contributed by atoms with Gasteiger partial charge >= 0.3 is 0 Å². The highest BCUT2D eigenvalue weighted by atomic mass is 32.1. The van der Waals surface area contributed by atoms with E-state index in [1.54, 1.807) is 11.3 Å². The standard InChI is InChI=1S/C16H14N2OS/c19-15(17-12-13-6-2-1-3-7-13)14-8-11-20-16(14)18-9-4-5-10-18/h1-11H,12H2,(H,17,19). The Kier molecular flexibility index (Phi) is 3.65. The largest absolute Gasteiger partial charge is 0.348 e. The van der Waals surface area contributed by atoms with Crippen molar-refractivity contribution >= 4 is 17.2 Å². The first-order valence-corrected chi connectivity index (χ1v) is 7.25. The van der Waals surface area contributed by atoms with Gasteiger partial charge in [0.05, 0.1) is 5.56 Å². The predicted octanol–water partition coefficient (Wildman–Crippen LogP) is 3.47. The van der Waals surface area contributed by atoms with E-state index in [9.17, 15) is 4.79 Å². The van der Waals surface area contributed by atoms with Gasteiger partial charge in [-0.3, -0.25) is 4.79 Å². The molecule has 0 aliphatic heterocycles. The van der Waals surface area contributed by atoms with Crippen LogP contribution in [0.15, 0.2) is 66.3 Å². The maximum Gasteiger partial charge on any atom is 0.254 e. The topological polar surface area (TPSA) is 34.0 Å². The Morgan fingerprint density at radius 2 is 1.80 bits per heavy atom. The molecule has 0 radical (unpaired) electrons. The van der Waals surface area contributed by atoms with E-state index in [2.05, 4.69) is 5.32 Å². The lowest BCUT2D eigenvalue weighted by Gasteiger charge is -2.07. The number of thiophene rings is 1. The summed E-state index contributed by atoms with van der Waals surface area (Å²) in [5, 5.41) is 5.84. The summed E-state index contributed by atoms with van der Waals surface area (Å²) in [6.45, 7) is 0.542. The number of aromatic nitrogens is 1. The first-order chi connectivity index (χ1) is 9.84. The Morgan fingerprint density at radius 3 is 2.55 bits per heavy atom. The molecule has 0 saturated carbocycles. The van der Waals surface area contributed by atoms with Crippen molar-refractivity contribution in [2.24, 2.45) is 0 Å². The molecule has 0 aliphatic carbocycles. The minimum absolute atomic E-state index is 0.0428. The number of amides is 1. The maximum absolute atomic E-state index is 12.3. The molecule has 3 rings (SSSR count). The molecular formula is C16H14N2OS. The number of nitrogens with one attached hydrogen (secondary N) is 1. The normalized spacial score (nSPS) is 10.4. The zero-order valence-electron chi connectivity index (χ0n) is 10.8. The molecule has 4 heteroatoms. The molecule has 20 heavy (non-hydrogen) atoms. The molecule has 1 N–H and O–H groups in total. The minimum atomic E-state index is -0.0428. The van der Waals surface area contributed by atoms with Crippen molar-refractivity contribution in [3.63, 3.8) is 0 Å². The zero-order chi connectivity index (χ0) is 13.8. The monoisotopic (exact) mass is 282 g/mol. The quantitative estimate of drug-likeness (QED) is 0.781. The van der Waals surface area contributed by atoms with Crippen LogP contribution in [0.2, 0.25) is 0 Å². The van der Waals surface area contributed by atoms with E-state index in [0.717, 1.165) is 10.6 Å². The summed E-state index contributed by atoms with van der Waals surface area (Å²) in [7, 11) is 0. The van der Waals surface area contributed by atoms with Gasteiger partial charge in [0.15, 0.2) is 0 Å². The van der Waals surface area contributed by atoms with Crippen LogP contribution in [0.25, 0.3) is 5.00 Å². The lowest BCUT2D eigenvalue weighted by atomic mass is 10.2. The fourth-order valence-corrected chi connectivity index (χ4v) is 2.88. The van der Waals surface area contributed by atoms with Crippen molar-refractivity contribution in [3.05, 3.63) is 77.4 Å². The van der Waals surface area contributed by atoms with E-state index < -0.39 is 0 Å². The summed E-state index contributed by atoms with van der Waals surface area (Å²) in [6.07, 6.45) is 3.89. The summed E-state index contributed by atoms with van der Waals surface area (Å²) in [5.41, 5.74) is 1.81. The van der Waals surface area contributed by atoms with Gasteiger partial charge in [-0.15, -0.1) is 11.3 Å². The van der Waals surface area contributed by atoms with Crippen LogP contribution in [0.3, 0.4) is 0 Å². The lowest BCUT2D eigenvalue weighted by Crippen LogP contribution is -2.23. The summed E-state index contributed by atoms with van der Waals surface area (Å²) < 4.78 is 1.96. The molecule has 3 nitrogen and oxygen atoms in total. The molecule has 0 fully saturated rings. The van der Waals surface area contributed by atoms with Crippen molar-refractivity contribution in [2.45, 2.75) is 6.54 Å². The second-order valence-corrected chi connectivity index (χ2v) is 5.29. The van der Waals surface area contributed by atoms with Gasteiger partial charge in [0.1, 0.15) is 5.00 Å². The van der Waals surface area contributed by atoms with Gasteiger partial charge in [0.2, 0.25) is 0 Å². The van der Waals surface area contributed by atoms with Crippen LogP contribution in [0.1, 0.15) is 15.9 Å². The first kappa shape index (κ1) is 12.7. The third-order valence-electron chi connectivity index (χ3n) is 3.02. The first-order valence-electron chi connectivity index (χ1n) is 6.37. The molecule has 3 aromatic rings. The number of hydrogen-bond donors (Lipinski definition) is 1. The summed E-state index contributed by atoms with van der Waals surface area (Å²) >= 11 is 1.56. The van der Waals surface area contributed by atoms with Crippen molar-refractivity contribution in [1.29, 1.82) is 0 Å². The van der Waals surface area contributed by atoms with Crippen LogP contribution < -0.4 is 5.32 Å². The molecule has 2 heterocycles. The second-order valence-electron chi connectivity index (χ2n) is 4.40. The average Bonchev–Trinajstić information content (AvgIpc) is 3.15. The molecule has 0 aliphatic rings. The summed E-state index contributed by atoms with van der Waals surface area (Å²) in [4.78, 5) is 12.3. The van der Waals surface area contributed by atoms with E-state index in [1.807, 2.05) is 70.9 Å². The number of benzene rings is 1. The fourth-order valence-electron chi connectivity index (χ4n) is 2.02. The minimum Gasteiger partial charge on any atom is -0.348 e. The van der Waals surface area contributed by atoms with Gasteiger partial charge in [-0.1, -0.05) is 30.3 Å². The zero-order valence-corrected chi connectivity index (χ0v) is 11.6. The van der Waals surface area contributed by atoms with Crippen LogP contribution in [0.4, 0.5) is 0 Å². The van der Waals surface area contributed by atoms with Crippen LogP contribution in [0.5, 0.6) is 0 Å².